The summed E-state index contributed by atoms with van der Waals surface area (Å²) in [4.78, 5) is 15.4. The van der Waals surface area contributed by atoms with E-state index in [4.69, 9.17) is 0 Å². The van der Waals surface area contributed by atoms with Gasteiger partial charge in [-0.1, -0.05) is 35.9 Å². The zero-order valence-corrected chi connectivity index (χ0v) is 16.2. The highest BCUT2D eigenvalue weighted by Crippen LogP contribution is 2.13. The number of carbonyl (C=O) groups is 1. The Kier molecular flexibility index (Phi) is 6.07. The van der Waals surface area contributed by atoms with Gasteiger partial charge >= 0.3 is 0 Å². The van der Waals surface area contributed by atoms with Gasteiger partial charge in [-0.05, 0) is 44.0 Å². The molecule has 1 aliphatic heterocycles. The van der Waals surface area contributed by atoms with E-state index in [-0.39, 0.29) is 5.91 Å². The number of aryl methyl sites for hydroxylation is 3. The SMILES string of the molecule is Cc1cccc(C[NH+]2CC[NH+](CC(=O)Nc3ccc(C)c(C)c3)CC2)c1. The van der Waals surface area contributed by atoms with Crippen LogP contribution in [0.15, 0.2) is 42.5 Å². The van der Waals surface area contributed by atoms with Crippen LogP contribution in [0.1, 0.15) is 22.3 Å². The summed E-state index contributed by atoms with van der Waals surface area (Å²) >= 11 is 0. The van der Waals surface area contributed by atoms with Crippen LogP contribution < -0.4 is 15.1 Å². The minimum absolute atomic E-state index is 0.116. The number of hydrogen-bond donors (Lipinski definition) is 3. The molecule has 0 spiro atoms. The third-order valence-electron chi connectivity index (χ3n) is 5.40. The normalized spacial score (nSPS) is 20.0. The van der Waals surface area contributed by atoms with E-state index in [0.29, 0.717) is 6.54 Å². The zero-order chi connectivity index (χ0) is 18.5. The number of benzene rings is 2. The Hall–Kier alpha value is -2.17. The molecule has 1 aliphatic rings. The molecule has 4 nitrogen and oxygen atoms in total. The monoisotopic (exact) mass is 353 g/mol. The molecule has 3 rings (SSSR count). The molecular formula is C22H31N3O+2. The number of rotatable bonds is 5. The smallest absolute Gasteiger partial charge is 0.279 e. The average Bonchev–Trinajstić information content (AvgIpc) is 2.60. The van der Waals surface area contributed by atoms with E-state index in [9.17, 15) is 4.79 Å². The molecule has 0 bridgehead atoms. The Morgan fingerprint density at radius 3 is 2.35 bits per heavy atom. The average molecular weight is 354 g/mol. The predicted molar refractivity (Wildman–Crippen MR) is 106 cm³/mol. The number of piperazine rings is 1. The van der Waals surface area contributed by atoms with Crippen molar-refractivity contribution in [1.82, 2.24) is 0 Å². The fourth-order valence-electron chi connectivity index (χ4n) is 3.67. The summed E-state index contributed by atoms with van der Waals surface area (Å²) in [6.07, 6.45) is 0. The van der Waals surface area contributed by atoms with Crippen LogP contribution in [0, 0.1) is 20.8 Å². The Morgan fingerprint density at radius 1 is 0.923 bits per heavy atom. The molecule has 2 aromatic carbocycles. The van der Waals surface area contributed by atoms with Crippen molar-refractivity contribution in [2.75, 3.05) is 38.0 Å². The second-order valence-electron chi connectivity index (χ2n) is 7.69. The number of anilines is 1. The van der Waals surface area contributed by atoms with Gasteiger partial charge in [-0.3, -0.25) is 4.79 Å². The quantitative estimate of drug-likeness (QED) is 0.721. The van der Waals surface area contributed by atoms with Gasteiger partial charge in [0, 0.05) is 11.3 Å². The maximum absolute atomic E-state index is 12.3. The van der Waals surface area contributed by atoms with E-state index < -0.39 is 0 Å². The van der Waals surface area contributed by atoms with Crippen LogP contribution in [-0.2, 0) is 11.3 Å². The number of hydrogen-bond acceptors (Lipinski definition) is 1. The number of carbonyl (C=O) groups excluding carboxylic acids is 1. The van der Waals surface area contributed by atoms with Crippen LogP contribution >= 0.6 is 0 Å². The van der Waals surface area contributed by atoms with Gasteiger partial charge in [0.05, 0.1) is 0 Å². The summed E-state index contributed by atoms with van der Waals surface area (Å²) < 4.78 is 0. The van der Waals surface area contributed by atoms with Gasteiger partial charge in [-0.25, -0.2) is 0 Å². The zero-order valence-electron chi connectivity index (χ0n) is 16.2. The molecule has 2 aromatic rings. The maximum Gasteiger partial charge on any atom is 0.279 e. The van der Waals surface area contributed by atoms with Gasteiger partial charge < -0.3 is 15.1 Å². The summed E-state index contributed by atoms with van der Waals surface area (Å²) in [6.45, 7) is 12.3. The highest BCUT2D eigenvalue weighted by Gasteiger charge is 2.24. The molecule has 1 saturated heterocycles. The lowest BCUT2D eigenvalue weighted by Crippen LogP contribution is -3.28. The van der Waals surface area contributed by atoms with Crippen molar-refractivity contribution < 1.29 is 14.6 Å². The fraction of sp³-hybridized carbons (Fsp3) is 0.409. The number of amides is 1. The van der Waals surface area contributed by atoms with E-state index in [1.165, 1.54) is 27.2 Å². The highest BCUT2D eigenvalue weighted by molar-refractivity contribution is 5.91. The first-order valence-corrected chi connectivity index (χ1v) is 9.59. The minimum atomic E-state index is 0.116. The van der Waals surface area contributed by atoms with Crippen LogP contribution in [-0.4, -0.2) is 38.6 Å². The van der Waals surface area contributed by atoms with E-state index in [2.05, 4.69) is 56.4 Å². The molecular weight excluding hydrogens is 322 g/mol. The molecule has 0 aliphatic carbocycles. The molecule has 26 heavy (non-hydrogen) atoms. The molecule has 0 radical (unpaired) electrons. The first-order chi connectivity index (χ1) is 12.5. The third kappa shape index (κ3) is 5.16. The molecule has 4 heteroatoms. The predicted octanol–water partition coefficient (Wildman–Crippen LogP) is 0.534. The van der Waals surface area contributed by atoms with Crippen molar-refractivity contribution in [3.63, 3.8) is 0 Å². The van der Waals surface area contributed by atoms with Crippen LogP contribution in [0.2, 0.25) is 0 Å². The van der Waals surface area contributed by atoms with Gasteiger partial charge in [-0.15, -0.1) is 0 Å². The van der Waals surface area contributed by atoms with Crippen molar-refractivity contribution in [3.05, 3.63) is 64.7 Å². The molecule has 138 valence electrons. The number of quaternary nitrogens is 2. The second-order valence-corrected chi connectivity index (χ2v) is 7.69. The largest absolute Gasteiger partial charge is 0.322 e. The highest BCUT2D eigenvalue weighted by atomic mass is 16.2. The van der Waals surface area contributed by atoms with Crippen LogP contribution in [0.5, 0.6) is 0 Å². The molecule has 0 atom stereocenters. The molecule has 0 aromatic heterocycles. The van der Waals surface area contributed by atoms with Gasteiger partial charge in [0.15, 0.2) is 6.54 Å². The first kappa shape index (κ1) is 18.6. The third-order valence-corrected chi connectivity index (χ3v) is 5.40. The topological polar surface area (TPSA) is 38.0 Å². The molecule has 3 N–H and O–H groups in total. The molecule has 1 fully saturated rings. The van der Waals surface area contributed by atoms with Crippen molar-refractivity contribution in [1.29, 1.82) is 0 Å². The molecule has 0 unspecified atom stereocenters. The lowest BCUT2D eigenvalue weighted by atomic mass is 10.1. The van der Waals surface area contributed by atoms with Crippen LogP contribution in [0.4, 0.5) is 5.69 Å². The van der Waals surface area contributed by atoms with Gasteiger partial charge in [0.2, 0.25) is 0 Å². The molecule has 1 heterocycles. The Bertz CT molecular complexity index is 764. The number of nitrogens with one attached hydrogen (secondary N) is 3. The summed E-state index contributed by atoms with van der Waals surface area (Å²) in [5.41, 5.74) is 6.11. The molecule has 1 amide bonds. The summed E-state index contributed by atoms with van der Waals surface area (Å²) in [5, 5.41) is 3.05. The van der Waals surface area contributed by atoms with Gasteiger partial charge in [-0.2, -0.15) is 0 Å². The van der Waals surface area contributed by atoms with Crippen LogP contribution in [0.25, 0.3) is 0 Å². The Labute approximate surface area is 156 Å². The lowest BCUT2D eigenvalue weighted by Gasteiger charge is -2.29. The second kappa shape index (κ2) is 8.47. The Balaban J connectivity index is 1.44. The Morgan fingerprint density at radius 2 is 1.65 bits per heavy atom. The first-order valence-electron chi connectivity index (χ1n) is 9.59. The van der Waals surface area contributed by atoms with E-state index in [1.807, 2.05) is 12.1 Å². The molecule has 0 saturated carbocycles. The minimum Gasteiger partial charge on any atom is -0.322 e. The van der Waals surface area contributed by atoms with Crippen molar-refractivity contribution >= 4 is 11.6 Å². The lowest BCUT2D eigenvalue weighted by molar-refractivity contribution is -1.02. The summed E-state index contributed by atoms with van der Waals surface area (Å²) in [7, 11) is 0. The van der Waals surface area contributed by atoms with Gasteiger partial charge in [0.1, 0.15) is 32.7 Å². The van der Waals surface area contributed by atoms with Crippen LogP contribution in [0.3, 0.4) is 0 Å². The van der Waals surface area contributed by atoms with Crippen molar-refractivity contribution in [2.45, 2.75) is 27.3 Å². The summed E-state index contributed by atoms with van der Waals surface area (Å²) in [6, 6.07) is 14.9. The van der Waals surface area contributed by atoms with E-state index in [0.717, 1.165) is 38.4 Å². The summed E-state index contributed by atoms with van der Waals surface area (Å²) in [5.74, 6) is 0.116. The standard InChI is InChI=1S/C22H29N3O/c1-17-5-4-6-20(13-17)15-24-9-11-25(12-10-24)16-22(26)23-21-8-7-18(2)19(3)14-21/h4-8,13-14H,9-12,15-16H2,1-3H3,(H,23,26)/p+2. The van der Waals surface area contributed by atoms with E-state index >= 15 is 0 Å². The fourth-order valence-corrected chi connectivity index (χ4v) is 3.67. The van der Waals surface area contributed by atoms with Crippen molar-refractivity contribution in [3.8, 4) is 0 Å². The van der Waals surface area contributed by atoms with Gasteiger partial charge in [0.25, 0.3) is 5.91 Å². The van der Waals surface area contributed by atoms with Crippen molar-refractivity contribution in [2.24, 2.45) is 0 Å². The maximum atomic E-state index is 12.3. The van der Waals surface area contributed by atoms with E-state index in [1.54, 1.807) is 4.90 Å².